The van der Waals surface area contributed by atoms with Crippen LogP contribution in [0.5, 0.6) is 0 Å². The lowest BCUT2D eigenvalue weighted by Gasteiger charge is -2.04. The van der Waals surface area contributed by atoms with E-state index < -0.39 is 5.41 Å². The Bertz CT molecular complexity index is 586. The number of rotatable bonds is 3. The minimum absolute atomic E-state index is 0.0308. The zero-order valence-corrected chi connectivity index (χ0v) is 9.11. The van der Waals surface area contributed by atoms with Crippen molar-refractivity contribution in [1.29, 1.82) is 0 Å². The lowest BCUT2D eigenvalue weighted by atomic mass is 10.1. The molecule has 17 heavy (non-hydrogen) atoms. The fraction of sp³-hybridized carbons (Fsp3) is 0.364. The summed E-state index contributed by atoms with van der Waals surface area (Å²) >= 11 is 0. The molecule has 0 radical (unpaired) electrons. The zero-order valence-electron chi connectivity index (χ0n) is 9.11. The topological polar surface area (TPSA) is 84.1 Å². The second kappa shape index (κ2) is 3.61. The molecule has 2 heterocycles. The molecular formula is C11H12N4O2. The maximum atomic E-state index is 9.22. The highest BCUT2D eigenvalue weighted by atomic mass is 16.3. The molecule has 2 aromatic heterocycles. The van der Waals surface area contributed by atoms with Crippen molar-refractivity contribution in [2.24, 2.45) is 5.41 Å². The van der Waals surface area contributed by atoms with E-state index in [2.05, 4.69) is 15.0 Å². The first-order valence-electron chi connectivity index (χ1n) is 5.34. The number of hydrogen-bond acceptors (Lipinski definition) is 5. The SMILES string of the molecule is OCC1(CO)CC1=Cn1cnc2cncnc21. The van der Waals surface area contributed by atoms with Gasteiger partial charge in [0.1, 0.15) is 18.2 Å². The van der Waals surface area contributed by atoms with E-state index in [1.165, 1.54) is 6.33 Å². The Balaban J connectivity index is 2.00. The Hall–Kier alpha value is -1.79. The zero-order chi connectivity index (χ0) is 11.9. The third kappa shape index (κ3) is 1.53. The summed E-state index contributed by atoms with van der Waals surface area (Å²) in [5.74, 6) is 0. The summed E-state index contributed by atoms with van der Waals surface area (Å²) in [6, 6.07) is 0. The van der Waals surface area contributed by atoms with Crippen molar-refractivity contribution in [2.75, 3.05) is 13.2 Å². The summed E-state index contributed by atoms with van der Waals surface area (Å²) in [5.41, 5.74) is 2.03. The van der Waals surface area contributed by atoms with Gasteiger partial charge in [0.2, 0.25) is 0 Å². The van der Waals surface area contributed by atoms with Crippen LogP contribution in [0.1, 0.15) is 6.42 Å². The van der Waals surface area contributed by atoms with Gasteiger partial charge in [-0.15, -0.1) is 0 Å². The normalized spacial score (nSPS) is 20.0. The first-order chi connectivity index (χ1) is 8.29. The Morgan fingerprint density at radius 1 is 1.35 bits per heavy atom. The molecule has 0 atom stereocenters. The summed E-state index contributed by atoms with van der Waals surface area (Å²) in [4.78, 5) is 12.2. The molecule has 6 nitrogen and oxygen atoms in total. The molecule has 1 aliphatic rings. The van der Waals surface area contributed by atoms with Gasteiger partial charge in [-0.25, -0.2) is 15.0 Å². The van der Waals surface area contributed by atoms with Crippen molar-refractivity contribution >= 4 is 17.4 Å². The Morgan fingerprint density at radius 3 is 2.88 bits per heavy atom. The Morgan fingerprint density at radius 2 is 2.18 bits per heavy atom. The van der Waals surface area contributed by atoms with E-state index in [-0.39, 0.29) is 13.2 Å². The summed E-state index contributed by atoms with van der Waals surface area (Å²) in [5, 5.41) is 18.4. The van der Waals surface area contributed by atoms with E-state index >= 15 is 0 Å². The predicted octanol–water partition coefficient (Wildman–Crippen LogP) is 0.0419. The van der Waals surface area contributed by atoms with Gasteiger partial charge in [0.15, 0.2) is 5.65 Å². The van der Waals surface area contributed by atoms with E-state index in [1.807, 2.05) is 6.20 Å². The van der Waals surface area contributed by atoms with Crippen LogP contribution < -0.4 is 0 Å². The molecule has 1 aliphatic carbocycles. The smallest absolute Gasteiger partial charge is 0.167 e. The van der Waals surface area contributed by atoms with E-state index in [0.717, 1.165) is 16.7 Å². The minimum Gasteiger partial charge on any atom is -0.395 e. The van der Waals surface area contributed by atoms with Crippen molar-refractivity contribution in [1.82, 2.24) is 19.5 Å². The summed E-state index contributed by atoms with van der Waals surface area (Å²) in [7, 11) is 0. The van der Waals surface area contributed by atoms with Gasteiger partial charge in [-0.2, -0.15) is 0 Å². The fourth-order valence-corrected chi connectivity index (χ4v) is 1.92. The molecule has 1 fully saturated rings. The number of fused-ring (bicyclic) bond motifs is 1. The number of hydrogen-bond donors (Lipinski definition) is 2. The number of nitrogens with zero attached hydrogens (tertiary/aromatic N) is 4. The number of imidazole rings is 1. The molecule has 3 rings (SSSR count). The van der Waals surface area contributed by atoms with Crippen molar-refractivity contribution in [3.8, 4) is 0 Å². The standard InChI is InChI=1S/C11H12N4O2/c16-4-11(5-17)1-8(11)3-15-7-14-9-2-12-6-13-10(9)15/h2-3,6-7,16-17H,1,4-5H2. The van der Waals surface area contributed by atoms with Crippen LogP contribution in [0, 0.1) is 5.41 Å². The molecular weight excluding hydrogens is 220 g/mol. The van der Waals surface area contributed by atoms with Gasteiger partial charge in [0.05, 0.1) is 19.4 Å². The van der Waals surface area contributed by atoms with Gasteiger partial charge in [0, 0.05) is 11.6 Å². The van der Waals surface area contributed by atoms with Gasteiger partial charge < -0.3 is 10.2 Å². The van der Waals surface area contributed by atoms with Crippen LogP contribution in [-0.4, -0.2) is 42.9 Å². The highest BCUT2D eigenvalue weighted by Gasteiger charge is 2.48. The molecule has 0 amide bonds. The molecule has 0 aromatic carbocycles. The van der Waals surface area contributed by atoms with Crippen LogP contribution in [0.15, 0.2) is 24.4 Å². The molecule has 0 unspecified atom stereocenters. The average Bonchev–Trinajstić information content (AvgIpc) is 2.93. The first kappa shape index (κ1) is 10.4. The van der Waals surface area contributed by atoms with Crippen LogP contribution in [0.4, 0.5) is 0 Å². The maximum absolute atomic E-state index is 9.22. The maximum Gasteiger partial charge on any atom is 0.167 e. The molecule has 6 heteroatoms. The monoisotopic (exact) mass is 232 g/mol. The summed E-state index contributed by atoms with van der Waals surface area (Å²) in [6.45, 7) is -0.0616. The minimum atomic E-state index is -0.441. The number of aliphatic hydroxyl groups is 2. The van der Waals surface area contributed by atoms with Crippen molar-refractivity contribution in [3.63, 3.8) is 0 Å². The number of aliphatic hydroxyl groups excluding tert-OH is 2. The lowest BCUT2D eigenvalue weighted by molar-refractivity contribution is 0.143. The summed E-state index contributed by atoms with van der Waals surface area (Å²) < 4.78 is 1.79. The largest absolute Gasteiger partial charge is 0.395 e. The van der Waals surface area contributed by atoms with E-state index in [9.17, 15) is 10.2 Å². The van der Waals surface area contributed by atoms with Gasteiger partial charge in [-0.3, -0.25) is 4.57 Å². The van der Waals surface area contributed by atoms with Gasteiger partial charge in [-0.1, -0.05) is 0 Å². The van der Waals surface area contributed by atoms with Crippen molar-refractivity contribution < 1.29 is 10.2 Å². The van der Waals surface area contributed by atoms with Crippen molar-refractivity contribution in [3.05, 3.63) is 24.4 Å². The molecule has 0 spiro atoms. The molecule has 88 valence electrons. The Kier molecular flexibility index (Phi) is 2.20. The van der Waals surface area contributed by atoms with Crippen LogP contribution >= 0.6 is 0 Å². The van der Waals surface area contributed by atoms with Crippen LogP contribution in [0.3, 0.4) is 0 Å². The Labute approximate surface area is 97.3 Å². The van der Waals surface area contributed by atoms with Gasteiger partial charge in [0.25, 0.3) is 0 Å². The fourth-order valence-electron chi connectivity index (χ4n) is 1.92. The third-order valence-electron chi connectivity index (χ3n) is 3.22. The predicted molar refractivity (Wildman–Crippen MR) is 60.8 cm³/mol. The van der Waals surface area contributed by atoms with E-state index in [4.69, 9.17) is 0 Å². The van der Waals surface area contributed by atoms with E-state index in [0.29, 0.717) is 6.42 Å². The van der Waals surface area contributed by atoms with E-state index in [1.54, 1.807) is 17.1 Å². The molecule has 2 aromatic rings. The first-order valence-corrected chi connectivity index (χ1v) is 5.34. The third-order valence-corrected chi connectivity index (χ3v) is 3.22. The van der Waals surface area contributed by atoms with Crippen LogP contribution in [0.2, 0.25) is 0 Å². The number of aromatic nitrogens is 4. The van der Waals surface area contributed by atoms with Crippen molar-refractivity contribution in [2.45, 2.75) is 6.42 Å². The van der Waals surface area contributed by atoms with Crippen LogP contribution in [-0.2, 0) is 0 Å². The quantitative estimate of drug-likeness (QED) is 0.780. The highest BCUT2D eigenvalue weighted by Crippen LogP contribution is 2.51. The molecule has 0 aliphatic heterocycles. The molecule has 0 saturated heterocycles. The second-order valence-electron chi connectivity index (χ2n) is 4.31. The van der Waals surface area contributed by atoms with Crippen LogP contribution in [0.25, 0.3) is 17.4 Å². The van der Waals surface area contributed by atoms with Gasteiger partial charge in [-0.05, 0) is 12.0 Å². The molecule has 1 saturated carbocycles. The average molecular weight is 232 g/mol. The second-order valence-corrected chi connectivity index (χ2v) is 4.31. The molecule has 0 bridgehead atoms. The molecule has 2 N–H and O–H groups in total. The highest BCUT2D eigenvalue weighted by molar-refractivity contribution is 5.72. The summed E-state index contributed by atoms with van der Waals surface area (Å²) in [6.07, 6.45) is 7.36. The van der Waals surface area contributed by atoms with Gasteiger partial charge >= 0.3 is 0 Å². The lowest BCUT2D eigenvalue weighted by Crippen LogP contribution is -2.12.